The monoisotopic (exact) mass is 412 g/mol. The molecule has 0 aromatic rings. The summed E-state index contributed by atoms with van der Waals surface area (Å²) in [5, 5.41) is 0. The van der Waals surface area contributed by atoms with Crippen LogP contribution in [0.15, 0.2) is 0 Å². The molecule has 1 heterocycles. The summed E-state index contributed by atoms with van der Waals surface area (Å²) in [5.74, 6) is 1.80. The highest BCUT2D eigenvalue weighted by Gasteiger charge is 2.30. The fourth-order valence-corrected chi connectivity index (χ4v) is 4.61. The number of likely N-dealkylation sites (tertiary alicyclic amines) is 1. The van der Waals surface area contributed by atoms with Crippen molar-refractivity contribution in [2.24, 2.45) is 5.92 Å². The molecule has 0 radical (unpaired) electrons. The lowest BCUT2D eigenvalue weighted by molar-refractivity contribution is -0.140. The summed E-state index contributed by atoms with van der Waals surface area (Å²) < 4.78 is 0. The molecule has 0 aromatic heterocycles. The van der Waals surface area contributed by atoms with E-state index in [1.54, 1.807) is 0 Å². The smallest absolute Gasteiger partial charge is 0.227 e. The number of piperidine rings is 1. The Labute approximate surface area is 178 Å². The van der Waals surface area contributed by atoms with Gasteiger partial charge < -0.3 is 9.80 Å². The highest BCUT2D eigenvalue weighted by Crippen LogP contribution is 2.20. The van der Waals surface area contributed by atoms with Gasteiger partial charge in [-0.1, -0.05) is 44.9 Å². The first-order valence-electron chi connectivity index (χ1n) is 11.7. The SMILES string of the molecule is CCN(CC)C(=O)C1CCCN(C(=O)CCCCCCCCCCCSC)C1. The van der Waals surface area contributed by atoms with Crippen LogP contribution in [0.2, 0.25) is 0 Å². The summed E-state index contributed by atoms with van der Waals surface area (Å²) >= 11 is 1.95. The number of carbonyl (C=O) groups is 2. The maximum atomic E-state index is 12.6. The quantitative estimate of drug-likeness (QED) is 0.340. The van der Waals surface area contributed by atoms with Crippen LogP contribution in [-0.2, 0) is 9.59 Å². The Morgan fingerprint density at radius 3 is 2.07 bits per heavy atom. The van der Waals surface area contributed by atoms with E-state index in [9.17, 15) is 9.59 Å². The summed E-state index contributed by atoms with van der Waals surface area (Å²) in [6.45, 7) is 7.04. The summed E-state index contributed by atoms with van der Waals surface area (Å²) in [6.07, 6.45) is 16.3. The number of hydrogen-bond donors (Lipinski definition) is 0. The van der Waals surface area contributed by atoms with Gasteiger partial charge in [0, 0.05) is 32.6 Å². The van der Waals surface area contributed by atoms with Crippen molar-refractivity contribution in [1.29, 1.82) is 0 Å². The van der Waals surface area contributed by atoms with Crippen molar-refractivity contribution in [1.82, 2.24) is 9.80 Å². The van der Waals surface area contributed by atoms with E-state index in [0.29, 0.717) is 13.0 Å². The predicted molar refractivity (Wildman–Crippen MR) is 122 cm³/mol. The normalized spacial score (nSPS) is 17.0. The summed E-state index contributed by atoms with van der Waals surface area (Å²) in [6, 6.07) is 0. The van der Waals surface area contributed by atoms with Crippen molar-refractivity contribution in [3.8, 4) is 0 Å². The van der Waals surface area contributed by atoms with E-state index in [1.165, 1.54) is 50.7 Å². The van der Waals surface area contributed by atoms with Crippen LogP contribution in [0.1, 0.15) is 90.9 Å². The van der Waals surface area contributed by atoms with Gasteiger partial charge in [-0.25, -0.2) is 0 Å². The van der Waals surface area contributed by atoms with Crippen LogP contribution in [0.25, 0.3) is 0 Å². The first-order chi connectivity index (χ1) is 13.6. The second-order valence-electron chi connectivity index (χ2n) is 8.11. The number of nitrogens with zero attached hydrogens (tertiary/aromatic N) is 2. The molecular formula is C23H44N2O2S. The fourth-order valence-electron chi connectivity index (χ4n) is 4.12. The molecule has 4 nitrogen and oxygen atoms in total. The molecule has 0 aliphatic carbocycles. The number of thioether (sulfide) groups is 1. The largest absolute Gasteiger partial charge is 0.343 e. The lowest BCUT2D eigenvalue weighted by Gasteiger charge is -2.34. The van der Waals surface area contributed by atoms with Gasteiger partial charge in [-0.3, -0.25) is 9.59 Å². The molecule has 5 heteroatoms. The Hall–Kier alpha value is -0.710. The Morgan fingerprint density at radius 1 is 0.929 bits per heavy atom. The van der Waals surface area contributed by atoms with E-state index in [1.807, 2.05) is 35.4 Å². The summed E-state index contributed by atoms with van der Waals surface area (Å²) in [4.78, 5) is 29.0. The Balaban J connectivity index is 2.11. The molecule has 1 unspecified atom stereocenters. The van der Waals surface area contributed by atoms with E-state index < -0.39 is 0 Å². The molecule has 1 saturated heterocycles. The molecule has 1 atom stereocenters. The van der Waals surface area contributed by atoms with E-state index in [4.69, 9.17) is 0 Å². The molecule has 28 heavy (non-hydrogen) atoms. The van der Waals surface area contributed by atoms with E-state index in [0.717, 1.165) is 45.3 Å². The molecule has 0 bridgehead atoms. The molecule has 0 spiro atoms. The molecule has 1 aliphatic rings. The van der Waals surface area contributed by atoms with Gasteiger partial charge in [0.1, 0.15) is 0 Å². The van der Waals surface area contributed by atoms with Gasteiger partial charge in [-0.05, 0) is 51.5 Å². The minimum Gasteiger partial charge on any atom is -0.343 e. The first-order valence-corrected chi connectivity index (χ1v) is 13.1. The maximum absolute atomic E-state index is 12.6. The van der Waals surface area contributed by atoms with Gasteiger partial charge in [0.2, 0.25) is 11.8 Å². The first kappa shape index (κ1) is 25.3. The van der Waals surface area contributed by atoms with Crippen LogP contribution in [0.4, 0.5) is 0 Å². The predicted octanol–water partition coefficient (Wildman–Crippen LogP) is 5.36. The Morgan fingerprint density at radius 2 is 1.50 bits per heavy atom. The molecule has 1 rings (SSSR count). The number of rotatable bonds is 15. The van der Waals surface area contributed by atoms with Crippen LogP contribution >= 0.6 is 11.8 Å². The third kappa shape index (κ3) is 10.2. The molecular weight excluding hydrogens is 368 g/mol. The van der Waals surface area contributed by atoms with Crippen molar-refractivity contribution >= 4 is 23.6 Å². The van der Waals surface area contributed by atoms with Crippen molar-refractivity contribution in [2.75, 3.05) is 38.2 Å². The lowest BCUT2D eigenvalue weighted by atomic mass is 9.96. The highest BCUT2D eigenvalue weighted by molar-refractivity contribution is 7.98. The molecule has 164 valence electrons. The molecule has 1 fully saturated rings. The Kier molecular flexibility index (Phi) is 14.6. The zero-order valence-electron chi connectivity index (χ0n) is 18.7. The van der Waals surface area contributed by atoms with E-state index in [2.05, 4.69) is 6.26 Å². The topological polar surface area (TPSA) is 40.6 Å². The van der Waals surface area contributed by atoms with Gasteiger partial charge >= 0.3 is 0 Å². The lowest BCUT2D eigenvalue weighted by Crippen LogP contribution is -2.46. The molecule has 0 saturated carbocycles. The highest BCUT2D eigenvalue weighted by atomic mass is 32.2. The van der Waals surface area contributed by atoms with Crippen LogP contribution in [-0.4, -0.2) is 59.8 Å². The Bertz CT molecular complexity index is 427. The van der Waals surface area contributed by atoms with Crippen LogP contribution in [0.3, 0.4) is 0 Å². The fraction of sp³-hybridized carbons (Fsp3) is 0.913. The number of amides is 2. The number of hydrogen-bond acceptors (Lipinski definition) is 3. The number of unbranched alkanes of at least 4 members (excludes halogenated alkanes) is 8. The summed E-state index contributed by atoms with van der Waals surface area (Å²) in [7, 11) is 0. The van der Waals surface area contributed by atoms with Crippen molar-refractivity contribution < 1.29 is 9.59 Å². The van der Waals surface area contributed by atoms with Gasteiger partial charge in [0.25, 0.3) is 0 Å². The second kappa shape index (κ2) is 16.1. The van der Waals surface area contributed by atoms with Crippen LogP contribution in [0.5, 0.6) is 0 Å². The van der Waals surface area contributed by atoms with E-state index in [-0.39, 0.29) is 17.7 Å². The molecule has 1 aliphatic heterocycles. The van der Waals surface area contributed by atoms with Gasteiger partial charge in [0.15, 0.2) is 0 Å². The third-order valence-corrected chi connectivity index (χ3v) is 6.63. The van der Waals surface area contributed by atoms with Crippen molar-refractivity contribution in [3.63, 3.8) is 0 Å². The molecule has 0 N–H and O–H groups in total. The van der Waals surface area contributed by atoms with Crippen LogP contribution < -0.4 is 0 Å². The van der Waals surface area contributed by atoms with Crippen LogP contribution in [0, 0.1) is 5.92 Å². The van der Waals surface area contributed by atoms with Crippen molar-refractivity contribution in [2.45, 2.75) is 90.9 Å². The van der Waals surface area contributed by atoms with Gasteiger partial charge in [-0.15, -0.1) is 0 Å². The second-order valence-corrected chi connectivity index (χ2v) is 9.10. The zero-order valence-corrected chi connectivity index (χ0v) is 19.5. The zero-order chi connectivity index (χ0) is 20.6. The third-order valence-electron chi connectivity index (χ3n) is 5.94. The van der Waals surface area contributed by atoms with Gasteiger partial charge in [0.05, 0.1) is 5.92 Å². The number of carbonyl (C=O) groups excluding carboxylic acids is 2. The molecule has 2 amide bonds. The van der Waals surface area contributed by atoms with Crippen molar-refractivity contribution in [3.05, 3.63) is 0 Å². The average Bonchev–Trinajstić information content (AvgIpc) is 2.72. The maximum Gasteiger partial charge on any atom is 0.227 e. The minimum absolute atomic E-state index is 0.00789. The summed E-state index contributed by atoms with van der Waals surface area (Å²) in [5.41, 5.74) is 0. The van der Waals surface area contributed by atoms with Gasteiger partial charge in [-0.2, -0.15) is 11.8 Å². The minimum atomic E-state index is 0.00789. The standard InChI is InChI=1S/C23H44N2O2S/c1-4-24(5-2)23(27)21-16-15-18-25(20-21)22(26)17-13-11-9-7-6-8-10-12-14-19-28-3/h21H,4-20H2,1-3H3. The van der Waals surface area contributed by atoms with E-state index >= 15 is 0 Å². The average molecular weight is 413 g/mol. The molecule has 0 aromatic carbocycles.